The quantitative estimate of drug-likeness (QED) is 0.498. The summed E-state index contributed by atoms with van der Waals surface area (Å²) in [6.45, 7) is 16.7. The lowest BCUT2D eigenvalue weighted by Crippen LogP contribution is -2.55. The van der Waals surface area contributed by atoms with Crippen LogP contribution in [0.1, 0.15) is 52.8 Å². The van der Waals surface area contributed by atoms with Gasteiger partial charge in [-0.15, -0.1) is 0 Å². The molecule has 0 unspecified atom stereocenters. The molecule has 11 heteroatoms. The molecule has 2 N–H and O–H groups in total. The van der Waals surface area contributed by atoms with Crippen LogP contribution < -0.4 is 20.3 Å². The molecule has 0 aromatic carbocycles. The Kier molecular flexibility index (Phi) is 7.70. The maximum atomic E-state index is 13.0. The van der Waals surface area contributed by atoms with Crippen molar-refractivity contribution < 1.29 is 23.5 Å². The van der Waals surface area contributed by atoms with Gasteiger partial charge in [0.1, 0.15) is 5.60 Å². The Morgan fingerprint density at radius 1 is 1.15 bits per heavy atom. The third-order valence-corrected chi connectivity index (χ3v) is 12.0. The van der Waals surface area contributed by atoms with E-state index in [1.165, 1.54) is 0 Å². The fraction of sp³-hybridized carbons (Fsp3) is 0.571. The predicted molar refractivity (Wildman–Crippen MR) is 153 cm³/mol. The topological polar surface area (TPSA) is 115 Å². The van der Waals surface area contributed by atoms with Gasteiger partial charge in [-0.2, -0.15) is 4.98 Å². The lowest BCUT2D eigenvalue weighted by Gasteiger charge is -2.43. The number of nitrogens with zero attached hydrogens (tertiary/aromatic N) is 3. The van der Waals surface area contributed by atoms with E-state index in [9.17, 15) is 9.59 Å². The number of alkyl carbamates (subject to hydrolysis) is 1. The van der Waals surface area contributed by atoms with E-state index in [0.29, 0.717) is 30.2 Å². The van der Waals surface area contributed by atoms with Gasteiger partial charge in [0.05, 0.1) is 43.4 Å². The van der Waals surface area contributed by atoms with Gasteiger partial charge < -0.3 is 24.5 Å². The summed E-state index contributed by atoms with van der Waals surface area (Å²) in [5, 5.41) is 6.16. The van der Waals surface area contributed by atoms with Crippen molar-refractivity contribution >= 4 is 37.5 Å². The van der Waals surface area contributed by atoms with E-state index in [0.717, 1.165) is 16.9 Å². The molecule has 2 aromatic heterocycles. The first-order valence-electron chi connectivity index (χ1n) is 13.3. The van der Waals surface area contributed by atoms with Crippen molar-refractivity contribution in [3.05, 3.63) is 35.7 Å². The number of ether oxygens (including phenoxy) is 2. The van der Waals surface area contributed by atoms with Crippen molar-refractivity contribution in [2.24, 2.45) is 0 Å². The summed E-state index contributed by atoms with van der Waals surface area (Å²) >= 11 is 0. The fourth-order valence-corrected chi connectivity index (χ4v) is 5.84. The highest BCUT2D eigenvalue weighted by Crippen LogP contribution is 2.40. The number of amides is 2. The van der Waals surface area contributed by atoms with E-state index in [1.807, 2.05) is 32.9 Å². The molecule has 3 heterocycles. The van der Waals surface area contributed by atoms with Gasteiger partial charge in [0.25, 0.3) is 5.91 Å². The number of hydrogen-bond acceptors (Lipinski definition) is 8. The molecule has 4 rings (SSSR count). The number of rotatable bonds is 5. The average molecular weight is 556 g/mol. The Labute approximate surface area is 232 Å². The van der Waals surface area contributed by atoms with Crippen molar-refractivity contribution in [2.75, 3.05) is 23.9 Å². The molecule has 2 amide bonds. The monoisotopic (exact) mass is 555 g/mol. The van der Waals surface area contributed by atoms with Crippen molar-refractivity contribution in [3.63, 3.8) is 0 Å². The Balaban J connectivity index is 1.68. The van der Waals surface area contributed by atoms with Crippen molar-refractivity contribution in [1.29, 1.82) is 0 Å². The second-order valence-electron chi connectivity index (χ2n) is 12.7. The normalized spacial score (nSPS) is 19.5. The first kappa shape index (κ1) is 28.8. The van der Waals surface area contributed by atoms with Gasteiger partial charge in [-0.1, -0.05) is 20.8 Å². The maximum Gasteiger partial charge on any atom is 0.407 e. The number of anilines is 3. The van der Waals surface area contributed by atoms with E-state index in [1.54, 1.807) is 24.3 Å². The van der Waals surface area contributed by atoms with Crippen LogP contribution in [0.25, 0.3) is 0 Å². The molecular formula is C28H41N5O5Si. The van der Waals surface area contributed by atoms with E-state index in [-0.39, 0.29) is 29.6 Å². The van der Waals surface area contributed by atoms with Gasteiger partial charge in [-0.25, -0.2) is 4.79 Å². The minimum absolute atomic E-state index is 0.00843. The minimum atomic E-state index is -2.18. The van der Waals surface area contributed by atoms with Crippen LogP contribution in [0.15, 0.2) is 24.4 Å². The Morgan fingerprint density at radius 2 is 1.87 bits per heavy atom. The molecule has 2 aliphatic rings. The molecule has 0 radical (unpaired) electrons. The van der Waals surface area contributed by atoms with Crippen LogP contribution in [-0.4, -0.2) is 61.7 Å². The van der Waals surface area contributed by atoms with Crippen LogP contribution in [0.5, 0.6) is 5.88 Å². The van der Waals surface area contributed by atoms with Crippen LogP contribution >= 0.6 is 0 Å². The third-order valence-electron chi connectivity index (χ3n) is 7.49. The molecule has 0 bridgehead atoms. The lowest BCUT2D eigenvalue weighted by atomic mass is 9.89. The van der Waals surface area contributed by atoms with Gasteiger partial charge in [0.2, 0.25) is 5.88 Å². The Morgan fingerprint density at radius 3 is 2.51 bits per heavy atom. The average Bonchev–Trinajstić information content (AvgIpc) is 2.81. The van der Waals surface area contributed by atoms with E-state index >= 15 is 0 Å². The fourth-order valence-electron chi connectivity index (χ4n) is 4.48. The SMILES string of the molecule is COc1ccc2c(n1)N(c1cnc3c(c1)C[C@@H](O[Si](C)(C)C(C)(C)C)[C@H](NC(=O)OC(C)(C)C)C3)C(=O)CN2. The van der Waals surface area contributed by atoms with Crippen LogP contribution in [0, 0.1) is 0 Å². The van der Waals surface area contributed by atoms with Crippen LogP contribution in [0.3, 0.4) is 0 Å². The number of methoxy groups -OCH3 is 1. The maximum absolute atomic E-state index is 13.0. The van der Waals surface area contributed by atoms with Gasteiger partial charge in [0.15, 0.2) is 14.1 Å². The summed E-state index contributed by atoms with van der Waals surface area (Å²) in [7, 11) is -0.634. The summed E-state index contributed by atoms with van der Waals surface area (Å²) in [6.07, 6.45) is 1.98. The molecule has 2 atom stereocenters. The molecule has 1 aliphatic heterocycles. The smallest absolute Gasteiger partial charge is 0.407 e. The Hall–Kier alpha value is -3.18. The number of nitrogens with one attached hydrogen (secondary N) is 2. The van der Waals surface area contributed by atoms with Crippen LogP contribution in [0.2, 0.25) is 18.1 Å². The summed E-state index contributed by atoms with van der Waals surface area (Å²) in [5.74, 6) is 0.751. The molecule has 0 saturated heterocycles. The van der Waals surface area contributed by atoms with Gasteiger partial charge >= 0.3 is 6.09 Å². The minimum Gasteiger partial charge on any atom is -0.481 e. The van der Waals surface area contributed by atoms with Crippen LogP contribution in [0.4, 0.5) is 22.0 Å². The summed E-state index contributed by atoms with van der Waals surface area (Å²) in [4.78, 5) is 36.7. The molecule has 1 aliphatic carbocycles. The number of pyridine rings is 2. The number of aromatic nitrogens is 2. The van der Waals surface area contributed by atoms with E-state index < -0.39 is 20.0 Å². The lowest BCUT2D eigenvalue weighted by molar-refractivity contribution is -0.116. The highest BCUT2D eigenvalue weighted by atomic mass is 28.4. The van der Waals surface area contributed by atoms with Crippen molar-refractivity contribution in [1.82, 2.24) is 15.3 Å². The first-order chi connectivity index (χ1) is 18.1. The zero-order chi connectivity index (χ0) is 28.8. The summed E-state index contributed by atoms with van der Waals surface area (Å²) < 4.78 is 17.7. The summed E-state index contributed by atoms with van der Waals surface area (Å²) in [6, 6.07) is 5.29. The van der Waals surface area contributed by atoms with Gasteiger partial charge in [0, 0.05) is 24.6 Å². The number of carbonyl (C=O) groups is 2. The van der Waals surface area contributed by atoms with E-state index in [2.05, 4.69) is 49.5 Å². The third kappa shape index (κ3) is 6.35. The van der Waals surface area contributed by atoms with Gasteiger partial charge in [-0.3, -0.25) is 14.7 Å². The second-order valence-corrected chi connectivity index (χ2v) is 17.4. The second kappa shape index (κ2) is 10.4. The highest BCUT2D eigenvalue weighted by molar-refractivity contribution is 6.74. The van der Waals surface area contributed by atoms with Crippen LogP contribution in [-0.2, 0) is 26.8 Å². The first-order valence-corrected chi connectivity index (χ1v) is 16.3. The zero-order valence-corrected chi connectivity index (χ0v) is 25.5. The van der Waals surface area contributed by atoms with Gasteiger partial charge in [-0.05, 0) is 56.6 Å². The zero-order valence-electron chi connectivity index (χ0n) is 24.5. The molecule has 39 heavy (non-hydrogen) atoms. The standard InChI is InChI=1S/C28H41N5O5Si/c1-27(2,3)37-26(35)31-21-14-20-17(13-22(21)38-39(8,9)28(4,5)6)12-18(15-29-20)33-24(34)16-30-19-10-11-23(36-7)32-25(19)33/h10-12,15,21-22,30H,13-14,16H2,1-9H3,(H,31,35)/t21-,22-/m1/s1. The molecule has 0 saturated carbocycles. The number of fused-ring (bicyclic) bond motifs is 2. The molecule has 2 aromatic rings. The highest BCUT2D eigenvalue weighted by Gasteiger charge is 2.43. The Bertz CT molecular complexity index is 1250. The van der Waals surface area contributed by atoms with E-state index in [4.69, 9.17) is 18.9 Å². The van der Waals surface area contributed by atoms with Crippen molar-refractivity contribution in [3.8, 4) is 5.88 Å². The number of carbonyl (C=O) groups excluding carboxylic acids is 2. The molecule has 10 nitrogen and oxygen atoms in total. The number of hydrogen-bond donors (Lipinski definition) is 2. The summed E-state index contributed by atoms with van der Waals surface area (Å²) in [5.41, 5.74) is 2.61. The van der Waals surface area contributed by atoms with Crippen molar-refractivity contribution in [2.45, 2.75) is 90.3 Å². The largest absolute Gasteiger partial charge is 0.481 e. The molecule has 0 fully saturated rings. The predicted octanol–water partition coefficient (Wildman–Crippen LogP) is 4.96. The molecule has 212 valence electrons. The molecular weight excluding hydrogens is 514 g/mol. The molecule has 0 spiro atoms.